The standard InChI is InChI=1S/C23H30N2O5S/c1-17-12-18(2)16-25(15-17)31(27,28)22-13-20(8-9-21(22)29-3)23(26)30-11-5-7-19-6-4-10-24-14-19/h4,6,8-10,13-14,17-18H,5,7,11-12,15-16H2,1-3H3. The number of hydrogen-bond acceptors (Lipinski definition) is 6. The van der Waals surface area contributed by atoms with E-state index >= 15 is 0 Å². The molecule has 0 saturated carbocycles. The fourth-order valence-corrected chi connectivity index (χ4v) is 5.88. The van der Waals surface area contributed by atoms with Gasteiger partial charge in [0.05, 0.1) is 19.3 Å². The van der Waals surface area contributed by atoms with Crippen molar-refractivity contribution in [1.29, 1.82) is 0 Å². The van der Waals surface area contributed by atoms with Crippen LogP contribution >= 0.6 is 0 Å². The number of carbonyl (C=O) groups excluding carboxylic acids is 1. The zero-order chi connectivity index (χ0) is 22.4. The van der Waals surface area contributed by atoms with Gasteiger partial charge in [0.2, 0.25) is 10.0 Å². The van der Waals surface area contributed by atoms with Crippen molar-refractivity contribution in [2.75, 3.05) is 26.8 Å². The Balaban J connectivity index is 1.71. The second-order valence-electron chi connectivity index (χ2n) is 8.23. The van der Waals surface area contributed by atoms with E-state index in [1.165, 1.54) is 29.6 Å². The van der Waals surface area contributed by atoms with Gasteiger partial charge in [-0.05, 0) is 60.9 Å². The molecule has 0 N–H and O–H groups in total. The third-order valence-electron chi connectivity index (χ3n) is 5.42. The Hall–Kier alpha value is -2.45. The van der Waals surface area contributed by atoms with Crippen molar-refractivity contribution >= 4 is 16.0 Å². The molecule has 1 aliphatic heterocycles. The van der Waals surface area contributed by atoms with Gasteiger partial charge in [-0.2, -0.15) is 4.31 Å². The summed E-state index contributed by atoms with van der Waals surface area (Å²) < 4.78 is 38.8. The molecule has 1 aromatic carbocycles. The van der Waals surface area contributed by atoms with Gasteiger partial charge >= 0.3 is 5.97 Å². The Labute approximate surface area is 184 Å². The van der Waals surface area contributed by atoms with Crippen LogP contribution in [0.1, 0.15) is 42.6 Å². The number of benzene rings is 1. The van der Waals surface area contributed by atoms with E-state index in [0.717, 1.165) is 18.4 Å². The average Bonchev–Trinajstić information content (AvgIpc) is 2.76. The summed E-state index contributed by atoms with van der Waals surface area (Å²) in [5, 5.41) is 0. The molecule has 0 amide bonds. The zero-order valence-corrected chi connectivity index (χ0v) is 19.1. The van der Waals surface area contributed by atoms with Gasteiger partial charge in [0.1, 0.15) is 10.6 Å². The molecule has 1 saturated heterocycles. The summed E-state index contributed by atoms with van der Waals surface area (Å²) in [6.07, 6.45) is 5.89. The van der Waals surface area contributed by atoms with E-state index in [4.69, 9.17) is 9.47 Å². The Morgan fingerprint density at radius 2 is 1.94 bits per heavy atom. The molecular formula is C23H30N2O5S. The molecule has 2 heterocycles. The number of nitrogens with zero attached hydrogens (tertiary/aromatic N) is 2. The molecule has 3 rings (SSSR count). The number of methoxy groups -OCH3 is 1. The Morgan fingerprint density at radius 3 is 2.58 bits per heavy atom. The lowest BCUT2D eigenvalue weighted by molar-refractivity contribution is 0.0500. The van der Waals surface area contributed by atoms with Crippen LogP contribution in [0.3, 0.4) is 0 Å². The molecule has 2 unspecified atom stereocenters. The first-order valence-electron chi connectivity index (χ1n) is 10.6. The van der Waals surface area contributed by atoms with Crippen LogP contribution in [0.4, 0.5) is 0 Å². The van der Waals surface area contributed by atoms with Gasteiger partial charge in [-0.1, -0.05) is 19.9 Å². The lowest BCUT2D eigenvalue weighted by Crippen LogP contribution is -2.42. The molecule has 0 aliphatic carbocycles. The van der Waals surface area contributed by atoms with Gasteiger partial charge < -0.3 is 9.47 Å². The van der Waals surface area contributed by atoms with Gasteiger partial charge in [-0.15, -0.1) is 0 Å². The first-order valence-corrected chi connectivity index (χ1v) is 12.0. The van der Waals surface area contributed by atoms with Crippen molar-refractivity contribution in [3.8, 4) is 5.75 Å². The number of sulfonamides is 1. The first kappa shape index (κ1) is 23.2. The number of rotatable bonds is 8. The highest BCUT2D eigenvalue weighted by atomic mass is 32.2. The van der Waals surface area contributed by atoms with Gasteiger partial charge in [-0.3, -0.25) is 4.98 Å². The van der Waals surface area contributed by atoms with Crippen LogP contribution in [0, 0.1) is 11.8 Å². The summed E-state index contributed by atoms with van der Waals surface area (Å²) in [5.74, 6) is 0.222. The van der Waals surface area contributed by atoms with Crippen molar-refractivity contribution in [3.05, 3.63) is 53.9 Å². The number of aromatic nitrogens is 1. The van der Waals surface area contributed by atoms with Gasteiger partial charge in [-0.25, -0.2) is 13.2 Å². The molecule has 1 aromatic heterocycles. The molecule has 0 radical (unpaired) electrons. The molecule has 168 valence electrons. The van der Waals surface area contributed by atoms with Gasteiger partial charge in [0.15, 0.2) is 0 Å². The van der Waals surface area contributed by atoms with Crippen molar-refractivity contribution < 1.29 is 22.7 Å². The van der Waals surface area contributed by atoms with Crippen LogP contribution < -0.4 is 4.74 Å². The molecule has 0 bridgehead atoms. The number of esters is 1. The second kappa shape index (κ2) is 10.2. The van der Waals surface area contributed by atoms with Crippen LogP contribution in [-0.4, -0.2) is 50.5 Å². The number of ether oxygens (including phenoxy) is 2. The smallest absolute Gasteiger partial charge is 0.338 e. The number of carbonyl (C=O) groups is 1. The minimum atomic E-state index is -3.79. The highest BCUT2D eigenvalue weighted by Crippen LogP contribution is 2.32. The van der Waals surface area contributed by atoms with E-state index in [-0.39, 0.29) is 34.7 Å². The SMILES string of the molecule is COc1ccc(C(=O)OCCCc2cccnc2)cc1S(=O)(=O)N1CC(C)CC(C)C1. The molecule has 7 nitrogen and oxygen atoms in total. The fraction of sp³-hybridized carbons (Fsp3) is 0.478. The summed E-state index contributed by atoms with van der Waals surface area (Å²) in [6.45, 7) is 5.25. The third kappa shape index (κ3) is 5.83. The lowest BCUT2D eigenvalue weighted by atomic mass is 9.94. The number of piperidine rings is 1. The van der Waals surface area contributed by atoms with Crippen molar-refractivity contribution in [1.82, 2.24) is 9.29 Å². The highest BCUT2D eigenvalue weighted by molar-refractivity contribution is 7.89. The molecular weight excluding hydrogens is 416 g/mol. The minimum Gasteiger partial charge on any atom is -0.495 e. The molecule has 1 aliphatic rings. The molecule has 31 heavy (non-hydrogen) atoms. The summed E-state index contributed by atoms with van der Waals surface area (Å²) >= 11 is 0. The molecule has 1 fully saturated rings. The quantitative estimate of drug-likeness (QED) is 0.455. The van der Waals surface area contributed by atoms with Crippen LogP contribution in [0.25, 0.3) is 0 Å². The Bertz CT molecular complexity index is 984. The maximum absolute atomic E-state index is 13.3. The van der Waals surface area contributed by atoms with E-state index < -0.39 is 16.0 Å². The van der Waals surface area contributed by atoms with Crippen LogP contribution in [0.15, 0.2) is 47.6 Å². The van der Waals surface area contributed by atoms with Gasteiger partial charge in [0, 0.05) is 25.5 Å². The number of hydrogen-bond donors (Lipinski definition) is 0. The molecule has 0 spiro atoms. The second-order valence-corrected chi connectivity index (χ2v) is 10.1. The number of aryl methyl sites for hydroxylation is 1. The van der Waals surface area contributed by atoms with E-state index in [2.05, 4.69) is 18.8 Å². The van der Waals surface area contributed by atoms with E-state index in [1.54, 1.807) is 12.4 Å². The summed E-state index contributed by atoms with van der Waals surface area (Å²) in [5.41, 5.74) is 1.26. The fourth-order valence-electron chi connectivity index (χ4n) is 4.02. The van der Waals surface area contributed by atoms with Crippen LogP contribution in [-0.2, 0) is 21.2 Å². The Morgan fingerprint density at radius 1 is 1.19 bits per heavy atom. The highest BCUT2D eigenvalue weighted by Gasteiger charge is 2.34. The largest absolute Gasteiger partial charge is 0.495 e. The zero-order valence-electron chi connectivity index (χ0n) is 18.3. The van der Waals surface area contributed by atoms with Crippen LogP contribution in [0.2, 0.25) is 0 Å². The van der Waals surface area contributed by atoms with Crippen molar-refractivity contribution in [2.45, 2.75) is 38.0 Å². The topological polar surface area (TPSA) is 85.8 Å². The molecule has 2 atom stereocenters. The van der Waals surface area contributed by atoms with Crippen LogP contribution in [0.5, 0.6) is 5.75 Å². The first-order chi connectivity index (χ1) is 14.8. The summed E-state index contributed by atoms with van der Waals surface area (Å²) in [4.78, 5) is 16.6. The summed E-state index contributed by atoms with van der Waals surface area (Å²) in [6, 6.07) is 8.24. The predicted octanol–water partition coefficient (Wildman–Crippen LogP) is 3.55. The van der Waals surface area contributed by atoms with E-state index in [1.807, 2.05) is 12.1 Å². The molecule has 8 heteroatoms. The number of pyridine rings is 1. The maximum atomic E-state index is 13.3. The summed E-state index contributed by atoms with van der Waals surface area (Å²) in [7, 11) is -2.37. The van der Waals surface area contributed by atoms with Crippen molar-refractivity contribution in [3.63, 3.8) is 0 Å². The normalized spacial score (nSPS) is 19.7. The molecule has 2 aromatic rings. The van der Waals surface area contributed by atoms with E-state index in [9.17, 15) is 13.2 Å². The third-order valence-corrected chi connectivity index (χ3v) is 7.27. The predicted molar refractivity (Wildman–Crippen MR) is 118 cm³/mol. The van der Waals surface area contributed by atoms with Gasteiger partial charge in [0.25, 0.3) is 0 Å². The Kier molecular flexibility index (Phi) is 7.67. The van der Waals surface area contributed by atoms with Crippen molar-refractivity contribution in [2.24, 2.45) is 11.8 Å². The average molecular weight is 447 g/mol. The lowest BCUT2D eigenvalue weighted by Gasteiger charge is -2.34. The van der Waals surface area contributed by atoms with E-state index in [0.29, 0.717) is 19.5 Å². The monoisotopic (exact) mass is 446 g/mol. The maximum Gasteiger partial charge on any atom is 0.338 e. The minimum absolute atomic E-state index is 0.00103.